The second kappa shape index (κ2) is 8.21. The highest BCUT2D eigenvalue weighted by molar-refractivity contribution is 8.01. The van der Waals surface area contributed by atoms with Crippen molar-refractivity contribution in [3.8, 4) is 0 Å². The molecule has 28 heavy (non-hydrogen) atoms. The molecule has 142 valence electrons. The Kier molecular flexibility index (Phi) is 5.51. The van der Waals surface area contributed by atoms with E-state index in [1.807, 2.05) is 24.3 Å². The molecule has 10 heteroatoms. The van der Waals surface area contributed by atoms with Crippen LogP contribution in [0.1, 0.15) is 18.7 Å². The zero-order valence-electron chi connectivity index (χ0n) is 15.1. The lowest BCUT2D eigenvalue weighted by Gasteiger charge is -2.05. The molecule has 0 spiro atoms. The van der Waals surface area contributed by atoms with E-state index >= 15 is 0 Å². The van der Waals surface area contributed by atoms with Gasteiger partial charge in [-0.1, -0.05) is 24.3 Å². The predicted molar refractivity (Wildman–Crippen MR) is 115 cm³/mol. The molecule has 0 radical (unpaired) electrons. The van der Waals surface area contributed by atoms with Crippen LogP contribution in [-0.2, 0) is 11.2 Å². The molecule has 2 N–H and O–H groups in total. The number of nitrogens with one attached hydrogen (secondary N) is 2. The number of thiophene rings is 1. The highest BCUT2D eigenvalue weighted by Gasteiger charge is 2.13. The van der Waals surface area contributed by atoms with Crippen LogP contribution in [0.2, 0.25) is 0 Å². The number of aryl methyl sites for hydroxylation is 1. The van der Waals surface area contributed by atoms with Crippen molar-refractivity contribution in [1.82, 2.24) is 20.2 Å². The molecule has 4 aromatic rings. The first-order valence-electron chi connectivity index (χ1n) is 8.50. The summed E-state index contributed by atoms with van der Waals surface area (Å²) in [6, 6.07) is 9.60. The molecule has 0 saturated heterocycles. The standard InChI is InChI=1S/C18H16N6OS3/c1-3-13-8-14-15(26-13)19-9-20-16(14)27-18-24-23-17(28-18)22-12-6-4-5-11(7-12)21-10(2)25/h4-9H,3H2,1-2H3,(H,21,25)(H,22,23). The molecule has 0 unspecified atom stereocenters. The quantitative estimate of drug-likeness (QED) is 0.419. The van der Waals surface area contributed by atoms with Gasteiger partial charge in [0.1, 0.15) is 16.2 Å². The number of hydrogen-bond donors (Lipinski definition) is 2. The van der Waals surface area contributed by atoms with E-state index in [0.29, 0.717) is 5.13 Å². The summed E-state index contributed by atoms with van der Waals surface area (Å²) in [4.78, 5) is 22.3. The summed E-state index contributed by atoms with van der Waals surface area (Å²) in [5.74, 6) is -0.109. The SMILES string of the molecule is CCc1cc2c(Sc3nnc(Nc4cccc(NC(C)=O)c4)s3)ncnc2s1. The number of aromatic nitrogens is 4. The number of carbonyl (C=O) groups is 1. The second-order valence-electron chi connectivity index (χ2n) is 5.83. The summed E-state index contributed by atoms with van der Waals surface area (Å²) in [6.45, 7) is 3.62. The minimum absolute atomic E-state index is 0.109. The van der Waals surface area contributed by atoms with Gasteiger partial charge in [0.15, 0.2) is 4.34 Å². The van der Waals surface area contributed by atoms with E-state index in [-0.39, 0.29) is 5.91 Å². The summed E-state index contributed by atoms with van der Waals surface area (Å²) >= 11 is 4.63. The molecule has 3 heterocycles. The average molecular weight is 429 g/mol. The normalized spacial score (nSPS) is 10.9. The van der Waals surface area contributed by atoms with Crippen molar-refractivity contribution < 1.29 is 4.79 Å². The molecule has 7 nitrogen and oxygen atoms in total. The van der Waals surface area contributed by atoms with Gasteiger partial charge in [-0.05, 0) is 42.4 Å². The summed E-state index contributed by atoms with van der Waals surface area (Å²) in [5.41, 5.74) is 1.55. The fraction of sp³-hybridized carbons (Fsp3) is 0.167. The minimum atomic E-state index is -0.109. The third-order valence-electron chi connectivity index (χ3n) is 3.72. The van der Waals surface area contributed by atoms with Crippen LogP contribution < -0.4 is 10.6 Å². The van der Waals surface area contributed by atoms with Crippen molar-refractivity contribution in [3.63, 3.8) is 0 Å². The molecule has 4 rings (SSSR count). The van der Waals surface area contributed by atoms with Gasteiger partial charge in [-0.2, -0.15) is 0 Å². The van der Waals surface area contributed by atoms with Crippen LogP contribution in [0, 0.1) is 0 Å². The van der Waals surface area contributed by atoms with Crippen molar-refractivity contribution in [2.24, 2.45) is 0 Å². The number of rotatable bonds is 6. The Morgan fingerprint density at radius 1 is 1.14 bits per heavy atom. The van der Waals surface area contributed by atoms with Crippen LogP contribution >= 0.6 is 34.4 Å². The van der Waals surface area contributed by atoms with Crippen molar-refractivity contribution in [2.75, 3.05) is 10.6 Å². The van der Waals surface area contributed by atoms with Gasteiger partial charge in [0.25, 0.3) is 0 Å². The van der Waals surface area contributed by atoms with E-state index < -0.39 is 0 Å². The number of hydrogen-bond acceptors (Lipinski definition) is 9. The maximum absolute atomic E-state index is 11.2. The van der Waals surface area contributed by atoms with E-state index in [0.717, 1.165) is 37.4 Å². The Morgan fingerprint density at radius 3 is 2.82 bits per heavy atom. The smallest absolute Gasteiger partial charge is 0.221 e. The van der Waals surface area contributed by atoms with Crippen LogP contribution in [0.25, 0.3) is 10.2 Å². The minimum Gasteiger partial charge on any atom is -0.330 e. The van der Waals surface area contributed by atoms with Gasteiger partial charge >= 0.3 is 0 Å². The number of anilines is 3. The van der Waals surface area contributed by atoms with E-state index in [1.54, 1.807) is 17.7 Å². The molecule has 3 aromatic heterocycles. The van der Waals surface area contributed by atoms with Gasteiger partial charge in [-0.25, -0.2) is 9.97 Å². The lowest BCUT2D eigenvalue weighted by atomic mass is 10.3. The topological polar surface area (TPSA) is 92.7 Å². The highest BCUT2D eigenvalue weighted by Crippen LogP contribution is 2.37. The molecule has 0 bridgehead atoms. The molecule has 0 aliphatic carbocycles. The lowest BCUT2D eigenvalue weighted by Crippen LogP contribution is -2.05. The fourth-order valence-corrected chi connectivity index (χ4v) is 5.27. The van der Waals surface area contributed by atoms with Crippen molar-refractivity contribution >= 4 is 67.1 Å². The molecule has 0 atom stereocenters. The second-order valence-corrected chi connectivity index (χ2v) is 9.15. The van der Waals surface area contributed by atoms with Gasteiger partial charge in [0, 0.05) is 28.6 Å². The first-order chi connectivity index (χ1) is 13.6. The molecule has 0 fully saturated rings. The van der Waals surface area contributed by atoms with Crippen LogP contribution in [-0.4, -0.2) is 26.1 Å². The van der Waals surface area contributed by atoms with Gasteiger partial charge in [-0.15, -0.1) is 21.5 Å². The molecular formula is C18H16N6OS3. The van der Waals surface area contributed by atoms with Crippen LogP contribution in [0.4, 0.5) is 16.5 Å². The zero-order valence-corrected chi connectivity index (χ0v) is 17.5. The van der Waals surface area contributed by atoms with Gasteiger partial charge < -0.3 is 10.6 Å². The maximum atomic E-state index is 11.2. The highest BCUT2D eigenvalue weighted by atomic mass is 32.2. The number of nitrogens with zero attached hydrogens (tertiary/aromatic N) is 4. The molecule has 1 aromatic carbocycles. The van der Waals surface area contributed by atoms with E-state index in [4.69, 9.17) is 0 Å². The molecule has 0 aliphatic heterocycles. The van der Waals surface area contributed by atoms with Crippen LogP contribution in [0.5, 0.6) is 0 Å². The third kappa shape index (κ3) is 4.29. The van der Waals surface area contributed by atoms with E-state index in [2.05, 4.69) is 43.8 Å². The van der Waals surface area contributed by atoms with Crippen molar-refractivity contribution in [3.05, 3.63) is 41.5 Å². The fourth-order valence-electron chi connectivity index (χ4n) is 2.52. The van der Waals surface area contributed by atoms with Crippen molar-refractivity contribution in [1.29, 1.82) is 0 Å². The third-order valence-corrected chi connectivity index (χ3v) is 6.81. The average Bonchev–Trinajstić information content (AvgIpc) is 3.28. The largest absolute Gasteiger partial charge is 0.330 e. The number of fused-ring (bicyclic) bond motifs is 1. The summed E-state index contributed by atoms with van der Waals surface area (Å²) in [5, 5.41) is 17.1. The Morgan fingerprint density at radius 2 is 2.00 bits per heavy atom. The molecule has 0 aliphatic rings. The van der Waals surface area contributed by atoms with Crippen LogP contribution in [0.15, 0.2) is 46.0 Å². The Bertz CT molecular complexity index is 1140. The van der Waals surface area contributed by atoms with Gasteiger partial charge in [0.05, 0.1) is 0 Å². The molecule has 1 amide bonds. The number of benzene rings is 1. The van der Waals surface area contributed by atoms with E-state index in [9.17, 15) is 4.79 Å². The molecule has 0 saturated carbocycles. The van der Waals surface area contributed by atoms with Crippen LogP contribution in [0.3, 0.4) is 0 Å². The Balaban J connectivity index is 1.51. The lowest BCUT2D eigenvalue weighted by molar-refractivity contribution is -0.114. The summed E-state index contributed by atoms with van der Waals surface area (Å²) in [6.07, 6.45) is 2.57. The monoisotopic (exact) mass is 428 g/mol. The van der Waals surface area contributed by atoms with Crippen molar-refractivity contribution in [2.45, 2.75) is 29.6 Å². The van der Waals surface area contributed by atoms with E-state index in [1.165, 1.54) is 34.9 Å². The first kappa shape index (κ1) is 18.8. The summed E-state index contributed by atoms with van der Waals surface area (Å²) < 4.78 is 0.796. The first-order valence-corrected chi connectivity index (χ1v) is 10.9. The predicted octanol–water partition coefficient (Wildman–Crippen LogP) is 4.96. The Labute approximate surface area is 173 Å². The summed E-state index contributed by atoms with van der Waals surface area (Å²) in [7, 11) is 0. The molecular weight excluding hydrogens is 412 g/mol. The zero-order chi connectivity index (χ0) is 19.5. The van der Waals surface area contributed by atoms with Gasteiger partial charge in [0.2, 0.25) is 11.0 Å². The maximum Gasteiger partial charge on any atom is 0.221 e. The number of carbonyl (C=O) groups excluding carboxylic acids is 1. The Hall–Kier alpha value is -2.56. The number of amides is 1. The van der Waals surface area contributed by atoms with Gasteiger partial charge in [-0.3, -0.25) is 4.79 Å².